The molecule has 0 amide bonds. The van der Waals surface area contributed by atoms with E-state index in [4.69, 9.17) is 9.15 Å². The minimum Gasteiger partial charge on any atom is -0.489 e. The van der Waals surface area contributed by atoms with E-state index in [0.29, 0.717) is 12.6 Å². The van der Waals surface area contributed by atoms with Crippen molar-refractivity contribution in [2.45, 2.75) is 53.3 Å². The maximum absolute atomic E-state index is 5.83. The van der Waals surface area contributed by atoms with Gasteiger partial charge in [0, 0.05) is 11.6 Å². The molecule has 1 N–H and O–H groups in total. The summed E-state index contributed by atoms with van der Waals surface area (Å²) in [7, 11) is 0. The maximum Gasteiger partial charge on any atom is 0.119 e. The van der Waals surface area contributed by atoms with Crippen molar-refractivity contribution in [3.05, 3.63) is 53.0 Å². The molecule has 3 nitrogen and oxygen atoms in total. The van der Waals surface area contributed by atoms with Crippen molar-refractivity contribution in [3.8, 4) is 5.75 Å². The van der Waals surface area contributed by atoms with E-state index in [1.54, 1.807) is 0 Å². The lowest BCUT2D eigenvalue weighted by Gasteiger charge is -2.06. The molecule has 1 heterocycles. The highest BCUT2D eigenvalue weighted by Gasteiger charge is 2.08. The molecule has 0 radical (unpaired) electrons. The average molecular weight is 287 g/mol. The fourth-order valence-electron chi connectivity index (χ4n) is 2.11. The molecule has 0 unspecified atom stereocenters. The molecule has 0 saturated carbocycles. The van der Waals surface area contributed by atoms with E-state index < -0.39 is 0 Å². The molecule has 1 aromatic heterocycles. The smallest absolute Gasteiger partial charge is 0.119 e. The monoisotopic (exact) mass is 287 g/mol. The van der Waals surface area contributed by atoms with Gasteiger partial charge in [-0.25, -0.2) is 0 Å². The third-order valence-electron chi connectivity index (χ3n) is 3.48. The van der Waals surface area contributed by atoms with Gasteiger partial charge in [0.25, 0.3) is 0 Å². The molecule has 21 heavy (non-hydrogen) atoms. The summed E-state index contributed by atoms with van der Waals surface area (Å²) in [6.07, 6.45) is 1.05. The van der Waals surface area contributed by atoms with E-state index >= 15 is 0 Å². The number of rotatable bonds is 7. The standard InChI is InChI=1S/C18H25NO2/c1-5-15-6-8-17(9-7-15)20-12-16-10-18(21-14(16)4)11-19-13(2)3/h6-10,13,19H,5,11-12H2,1-4H3. The van der Waals surface area contributed by atoms with Crippen molar-refractivity contribution in [2.24, 2.45) is 0 Å². The van der Waals surface area contributed by atoms with Crippen LogP contribution in [0.3, 0.4) is 0 Å². The van der Waals surface area contributed by atoms with Gasteiger partial charge in [-0.05, 0) is 37.1 Å². The molecule has 0 saturated heterocycles. The summed E-state index contributed by atoms with van der Waals surface area (Å²) >= 11 is 0. The molecular formula is C18H25NO2. The van der Waals surface area contributed by atoms with Crippen LogP contribution >= 0.6 is 0 Å². The highest BCUT2D eigenvalue weighted by Crippen LogP contribution is 2.19. The molecule has 0 aliphatic carbocycles. The van der Waals surface area contributed by atoms with E-state index in [2.05, 4.69) is 44.3 Å². The Labute approximate surface area is 127 Å². The summed E-state index contributed by atoms with van der Waals surface area (Å²) in [5.74, 6) is 2.79. The van der Waals surface area contributed by atoms with Crippen molar-refractivity contribution in [1.82, 2.24) is 5.32 Å². The lowest BCUT2D eigenvalue weighted by molar-refractivity contribution is 0.303. The summed E-state index contributed by atoms with van der Waals surface area (Å²) in [6.45, 7) is 9.68. The van der Waals surface area contributed by atoms with Crippen LogP contribution in [0, 0.1) is 6.92 Å². The Morgan fingerprint density at radius 3 is 2.52 bits per heavy atom. The molecule has 2 aromatic rings. The van der Waals surface area contributed by atoms with Crippen LogP contribution in [0.2, 0.25) is 0 Å². The average Bonchev–Trinajstić information content (AvgIpc) is 2.84. The van der Waals surface area contributed by atoms with Gasteiger partial charge in [0.2, 0.25) is 0 Å². The van der Waals surface area contributed by atoms with Crippen molar-refractivity contribution in [2.75, 3.05) is 0 Å². The Morgan fingerprint density at radius 2 is 1.90 bits per heavy atom. The molecule has 3 heteroatoms. The predicted molar refractivity (Wildman–Crippen MR) is 85.6 cm³/mol. The summed E-state index contributed by atoms with van der Waals surface area (Å²) in [6, 6.07) is 10.8. The third kappa shape index (κ3) is 4.64. The second-order valence-electron chi connectivity index (χ2n) is 5.62. The van der Waals surface area contributed by atoms with Gasteiger partial charge in [-0.1, -0.05) is 32.9 Å². The molecule has 114 valence electrons. The van der Waals surface area contributed by atoms with E-state index in [1.807, 2.05) is 19.1 Å². The fourth-order valence-corrected chi connectivity index (χ4v) is 2.11. The second-order valence-corrected chi connectivity index (χ2v) is 5.62. The first-order chi connectivity index (χ1) is 10.1. The summed E-state index contributed by atoms with van der Waals surface area (Å²) < 4.78 is 11.6. The van der Waals surface area contributed by atoms with Gasteiger partial charge in [0.1, 0.15) is 23.9 Å². The Morgan fingerprint density at radius 1 is 1.19 bits per heavy atom. The number of ether oxygens (including phenoxy) is 1. The number of furan rings is 1. The van der Waals surface area contributed by atoms with Crippen molar-refractivity contribution >= 4 is 0 Å². The molecule has 2 rings (SSSR count). The molecule has 0 atom stereocenters. The van der Waals surface area contributed by atoms with Gasteiger partial charge in [-0.15, -0.1) is 0 Å². The molecule has 0 aliphatic rings. The largest absolute Gasteiger partial charge is 0.489 e. The van der Waals surface area contributed by atoms with Crippen LogP contribution in [0.5, 0.6) is 5.75 Å². The normalized spacial score (nSPS) is 11.1. The van der Waals surface area contributed by atoms with Crippen LogP contribution in [0.4, 0.5) is 0 Å². The number of aryl methyl sites for hydroxylation is 2. The first-order valence-electron chi connectivity index (χ1n) is 7.61. The SMILES string of the molecule is CCc1ccc(OCc2cc(CNC(C)C)oc2C)cc1. The van der Waals surface area contributed by atoms with Crippen LogP contribution < -0.4 is 10.1 Å². The Hall–Kier alpha value is -1.74. The Bertz CT molecular complexity index is 555. The number of nitrogens with one attached hydrogen (secondary N) is 1. The van der Waals surface area contributed by atoms with E-state index in [-0.39, 0.29) is 0 Å². The lowest BCUT2D eigenvalue weighted by atomic mass is 10.2. The third-order valence-corrected chi connectivity index (χ3v) is 3.48. The molecule has 0 aliphatic heterocycles. The predicted octanol–water partition coefficient (Wildman–Crippen LogP) is 4.23. The summed E-state index contributed by atoms with van der Waals surface area (Å²) in [5, 5.41) is 3.35. The summed E-state index contributed by atoms with van der Waals surface area (Å²) in [4.78, 5) is 0. The van der Waals surface area contributed by atoms with Crippen molar-refractivity contribution in [3.63, 3.8) is 0 Å². The van der Waals surface area contributed by atoms with Crippen LogP contribution in [0.25, 0.3) is 0 Å². The van der Waals surface area contributed by atoms with Gasteiger partial charge < -0.3 is 14.5 Å². The minimum absolute atomic E-state index is 0.451. The number of hydrogen-bond donors (Lipinski definition) is 1. The number of hydrogen-bond acceptors (Lipinski definition) is 3. The fraction of sp³-hybridized carbons (Fsp3) is 0.444. The highest BCUT2D eigenvalue weighted by atomic mass is 16.5. The van der Waals surface area contributed by atoms with Gasteiger partial charge in [-0.3, -0.25) is 0 Å². The van der Waals surface area contributed by atoms with Gasteiger partial charge in [-0.2, -0.15) is 0 Å². The van der Waals surface area contributed by atoms with E-state index in [0.717, 1.165) is 35.8 Å². The topological polar surface area (TPSA) is 34.4 Å². The highest BCUT2D eigenvalue weighted by molar-refractivity contribution is 5.28. The quantitative estimate of drug-likeness (QED) is 0.827. The van der Waals surface area contributed by atoms with E-state index in [9.17, 15) is 0 Å². The summed E-state index contributed by atoms with van der Waals surface area (Å²) in [5.41, 5.74) is 2.43. The van der Waals surface area contributed by atoms with Crippen LogP contribution in [-0.2, 0) is 19.6 Å². The molecule has 0 bridgehead atoms. The Balaban J connectivity index is 1.92. The molecular weight excluding hydrogens is 262 g/mol. The van der Waals surface area contributed by atoms with Crippen LogP contribution in [0.1, 0.15) is 43.4 Å². The zero-order chi connectivity index (χ0) is 15.2. The molecule has 0 spiro atoms. The number of benzene rings is 1. The molecule has 1 aromatic carbocycles. The van der Waals surface area contributed by atoms with Gasteiger partial charge >= 0.3 is 0 Å². The van der Waals surface area contributed by atoms with Crippen LogP contribution in [0.15, 0.2) is 34.7 Å². The Kier molecular flexibility index (Phi) is 5.45. The van der Waals surface area contributed by atoms with Crippen molar-refractivity contribution < 1.29 is 9.15 Å². The lowest BCUT2D eigenvalue weighted by Crippen LogP contribution is -2.21. The van der Waals surface area contributed by atoms with E-state index in [1.165, 1.54) is 5.56 Å². The second kappa shape index (κ2) is 7.32. The van der Waals surface area contributed by atoms with Gasteiger partial charge in [0.15, 0.2) is 0 Å². The van der Waals surface area contributed by atoms with Crippen molar-refractivity contribution in [1.29, 1.82) is 0 Å². The molecule has 0 fully saturated rings. The van der Waals surface area contributed by atoms with Gasteiger partial charge in [0.05, 0.1) is 6.54 Å². The zero-order valence-corrected chi connectivity index (χ0v) is 13.4. The zero-order valence-electron chi connectivity index (χ0n) is 13.4. The van der Waals surface area contributed by atoms with Crippen LogP contribution in [-0.4, -0.2) is 6.04 Å². The maximum atomic E-state index is 5.83. The first-order valence-corrected chi connectivity index (χ1v) is 7.61. The minimum atomic E-state index is 0.451. The first kappa shape index (κ1) is 15.6.